The summed E-state index contributed by atoms with van der Waals surface area (Å²) in [6.45, 7) is 3.03. The van der Waals surface area contributed by atoms with Gasteiger partial charge in [-0.05, 0) is 30.2 Å². The van der Waals surface area contributed by atoms with Crippen LogP contribution in [0.2, 0.25) is 0 Å². The Bertz CT molecular complexity index is 644. The zero-order valence-corrected chi connectivity index (χ0v) is 13.1. The number of aromatic nitrogens is 1. The average Bonchev–Trinajstić information content (AvgIpc) is 2.55. The van der Waals surface area contributed by atoms with Gasteiger partial charge in [-0.25, -0.2) is 9.37 Å². The van der Waals surface area contributed by atoms with Crippen molar-refractivity contribution in [2.45, 2.75) is 32.7 Å². The molecule has 0 bridgehead atoms. The molecule has 0 N–H and O–H groups in total. The third-order valence-corrected chi connectivity index (χ3v) is 3.58. The lowest BCUT2D eigenvalue weighted by atomic mass is 10.1. The maximum Gasteiger partial charge on any atom is 0.254 e. The van der Waals surface area contributed by atoms with Crippen LogP contribution in [-0.4, -0.2) is 22.3 Å². The summed E-state index contributed by atoms with van der Waals surface area (Å²) in [4.78, 5) is 17.8. The number of rotatable bonds is 7. The van der Waals surface area contributed by atoms with Crippen LogP contribution in [0, 0.1) is 11.8 Å². The van der Waals surface area contributed by atoms with Gasteiger partial charge in [0.05, 0.1) is 0 Å². The first-order chi connectivity index (χ1) is 11.1. The molecule has 2 rings (SSSR count). The molecule has 23 heavy (non-hydrogen) atoms. The molecular formula is C18H20F2N2O. The summed E-state index contributed by atoms with van der Waals surface area (Å²) >= 11 is 0. The lowest BCUT2D eigenvalue weighted by Gasteiger charge is -2.23. The number of unbranched alkanes of at least 4 members (excludes halogenated alkanes) is 2. The van der Waals surface area contributed by atoms with Gasteiger partial charge in [-0.3, -0.25) is 4.79 Å². The minimum Gasteiger partial charge on any atom is -0.334 e. The van der Waals surface area contributed by atoms with Gasteiger partial charge in [-0.2, -0.15) is 4.39 Å². The molecule has 122 valence electrons. The van der Waals surface area contributed by atoms with Crippen molar-refractivity contribution in [2.24, 2.45) is 0 Å². The number of hydrogen-bond acceptors (Lipinski definition) is 2. The predicted molar refractivity (Wildman–Crippen MR) is 84.9 cm³/mol. The van der Waals surface area contributed by atoms with Crippen LogP contribution in [0.4, 0.5) is 8.78 Å². The Morgan fingerprint density at radius 1 is 1.13 bits per heavy atom. The zero-order chi connectivity index (χ0) is 16.7. The highest BCUT2D eigenvalue weighted by Gasteiger charge is 2.16. The molecule has 0 spiro atoms. The summed E-state index contributed by atoms with van der Waals surface area (Å²) in [5, 5.41) is 0. The summed E-state index contributed by atoms with van der Waals surface area (Å²) in [7, 11) is 0. The quantitative estimate of drug-likeness (QED) is 0.566. The Balaban J connectivity index is 2.15. The van der Waals surface area contributed by atoms with Crippen molar-refractivity contribution in [1.29, 1.82) is 0 Å². The van der Waals surface area contributed by atoms with E-state index in [9.17, 15) is 13.6 Å². The van der Waals surface area contributed by atoms with Gasteiger partial charge >= 0.3 is 0 Å². The third-order valence-electron chi connectivity index (χ3n) is 3.58. The normalized spacial score (nSPS) is 10.6. The first kappa shape index (κ1) is 17.1. The zero-order valence-electron chi connectivity index (χ0n) is 13.1. The topological polar surface area (TPSA) is 33.2 Å². The van der Waals surface area contributed by atoms with Crippen LogP contribution in [0.3, 0.4) is 0 Å². The lowest BCUT2D eigenvalue weighted by Crippen LogP contribution is -2.31. The Morgan fingerprint density at radius 3 is 2.52 bits per heavy atom. The van der Waals surface area contributed by atoms with E-state index >= 15 is 0 Å². The van der Waals surface area contributed by atoms with Crippen molar-refractivity contribution < 1.29 is 13.6 Å². The predicted octanol–water partition coefficient (Wildman–Crippen LogP) is 4.19. The van der Waals surface area contributed by atoms with Crippen LogP contribution in [0.15, 0.2) is 42.6 Å². The molecule has 0 saturated heterocycles. The van der Waals surface area contributed by atoms with Gasteiger partial charge in [0, 0.05) is 30.9 Å². The molecule has 0 saturated carbocycles. The third kappa shape index (κ3) is 5.13. The molecule has 0 aliphatic carbocycles. The molecule has 5 heteroatoms. The number of pyridine rings is 1. The Kier molecular flexibility index (Phi) is 6.20. The van der Waals surface area contributed by atoms with Crippen molar-refractivity contribution in [3.8, 4) is 0 Å². The number of carbonyl (C=O) groups excluding carboxylic acids is 1. The standard InChI is InChI=1S/C18H20F2N2O/c1-2-3-4-11-22(13-14-5-7-16(19)8-6-14)18(23)15-9-10-21-17(20)12-15/h5-10,12H,2-4,11,13H2,1H3. The second-order valence-corrected chi connectivity index (χ2v) is 5.43. The van der Waals surface area contributed by atoms with Crippen LogP contribution >= 0.6 is 0 Å². The van der Waals surface area contributed by atoms with Gasteiger partial charge in [-0.1, -0.05) is 31.9 Å². The van der Waals surface area contributed by atoms with E-state index < -0.39 is 5.95 Å². The molecule has 3 nitrogen and oxygen atoms in total. The molecule has 0 radical (unpaired) electrons. The molecule has 1 heterocycles. The summed E-state index contributed by atoms with van der Waals surface area (Å²) < 4.78 is 26.3. The average molecular weight is 318 g/mol. The molecule has 1 amide bonds. The fourth-order valence-corrected chi connectivity index (χ4v) is 2.33. The van der Waals surface area contributed by atoms with Crippen LogP contribution in [0.25, 0.3) is 0 Å². The van der Waals surface area contributed by atoms with E-state index in [1.54, 1.807) is 17.0 Å². The fraction of sp³-hybridized carbons (Fsp3) is 0.333. The molecule has 0 fully saturated rings. The monoisotopic (exact) mass is 318 g/mol. The molecule has 1 aromatic carbocycles. The molecule has 0 atom stereocenters. The minimum atomic E-state index is -0.675. The first-order valence-corrected chi connectivity index (χ1v) is 7.75. The second kappa shape index (κ2) is 8.36. The summed E-state index contributed by atoms with van der Waals surface area (Å²) in [6, 6.07) is 8.69. The maximum atomic E-state index is 13.2. The van der Waals surface area contributed by atoms with Gasteiger partial charge in [-0.15, -0.1) is 0 Å². The first-order valence-electron chi connectivity index (χ1n) is 7.75. The molecule has 0 unspecified atom stereocenters. The van der Waals surface area contributed by atoms with E-state index in [0.29, 0.717) is 13.1 Å². The molecular weight excluding hydrogens is 298 g/mol. The van der Waals surface area contributed by atoms with Crippen molar-refractivity contribution >= 4 is 5.91 Å². The minimum absolute atomic E-state index is 0.244. The van der Waals surface area contributed by atoms with Gasteiger partial charge in [0.15, 0.2) is 0 Å². The summed E-state index contributed by atoms with van der Waals surface area (Å²) in [5.74, 6) is -1.23. The van der Waals surface area contributed by atoms with Crippen molar-refractivity contribution in [3.63, 3.8) is 0 Å². The van der Waals surface area contributed by atoms with Crippen molar-refractivity contribution in [3.05, 3.63) is 65.5 Å². The van der Waals surface area contributed by atoms with E-state index in [1.165, 1.54) is 24.4 Å². The highest BCUT2D eigenvalue weighted by Crippen LogP contribution is 2.13. The highest BCUT2D eigenvalue weighted by molar-refractivity contribution is 5.94. The van der Waals surface area contributed by atoms with Crippen molar-refractivity contribution in [2.75, 3.05) is 6.54 Å². The van der Waals surface area contributed by atoms with Crippen LogP contribution in [0.5, 0.6) is 0 Å². The highest BCUT2D eigenvalue weighted by atomic mass is 19.1. The molecule has 2 aromatic rings. The van der Waals surface area contributed by atoms with Crippen LogP contribution < -0.4 is 0 Å². The number of hydrogen-bond donors (Lipinski definition) is 0. The summed E-state index contributed by atoms with van der Waals surface area (Å²) in [5.41, 5.74) is 1.11. The fourth-order valence-electron chi connectivity index (χ4n) is 2.33. The van der Waals surface area contributed by atoms with Gasteiger partial charge in [0.1, 0.15) is 5.82 Å². The van der Waals surface area contributed by atoms with E-state index in [0.717, 1.165) is 30.9 Å². The number of halogens is 2. The maximum absolute atomic E-state index is 13.2. The Labute approximate surface area is 135 Å². The SMILES string of the molecule is CCCCCN(Cc1ccc(F)cc1)C(=O)c1ccnc(F)c1. The second-order valence-electron chi connectivity index (χ2n) is 5.43. The Morgan fingerprint density at radius 2 is 1.87 bits per heavy atom. The smallest absolute Gasteiger partial charge is 0.254 e. The lowest BCUT2D eigenvalue weighted by molar-refractivity contribution is 0.0739. The van der Waals surface area contributed by atoms with Crippen molar-refractivity contribution in [1.82, 2.24) is 9.88 Å². The molecule has 0 aliphatic heterocycles. The number of benzene rings is 1. The number of amides is 1. The van der Waals surface area contributed by atoms with Gasteiger partial charge in [0.2, 0.25) is 5.95 Å². The van der Waals surface area contributed by atoms with Gasteiger partial charge < -0.3 is 4.90 Å². The van der Waals surface area contributed by atoms with E-state index in [2.05, 4.69) is 11.9 Å². The Hall–Kier alpha value is -2.30. The van der Waals surface area contributed by atoms with Crippen LogP contribution in [0.1, 0.15) is 42.1 Å². The number of nitrogens with zero attached hydrogens (tertiary/aromatic N) is 2. The molecule has 0 aliphatic rings. The number of carbonyl (C=O) groups is 1. The molecule has 1 aromatic heterocycles. The van der Waals surface area contributed by atoms with E-state index in [1.807, 2.05) is 0 Å². The largest absolute Gasteiger partial charge is 0.334 e. The summed E-state index contributed by atoms with van der Waals surface area (Å²) in [6.07, 6.45) is 4.21. The van der Waals surface area contributed by atoms with Gasteiger partial charge in [0.25, 0.3) is 5.91 Å². The van der Waals surface area contributed by atoms with E-state index in [-0.39, 0.29) is 17.3 Å². The van der Waals surface area contributed by atoms with Crippen LogP contribution in [-0.2, 0) is 6.54 Å². The van der Waals surface area contributed by atoms with E-state index in [4.69, 9.17) is 0 Å².